The number of ether oxygens (including phenoxy) is 1. The Labute approximate surface area is 168 Å². The van der Waals surface area contributed by atoms with Crippen molar-refractivity contribution in [3.8, 4) is 5.75 Å². The lowest BCUT2D eigenvalue weighted by Crippen LogP contribution is -3.19. The first-order chi connectivity index (χ1) is 13.4. The number of quaternary nitrogens is 1. The van der Waals surface area contributed by atoms with Gasteiger partial charge in [-0.3, -0.25) is 4.79 Å². The molecule has 2 aliphatic heterocycles. The molecule has 1 atom stereocenters. The Morgan fingerprint density at radius 3 is 2.11 bits per heavy atom. The highest BCUT2D eigenvalue weighted by atomic mass is 32.2. The summed E-state index contributed by atoms with van der Waals surface area (Å²) in [6.07, 6.45) is 4.57. The highest BCUT2D eigenvalue weighted by Crippen LogP contribution is 2.19. The second kappa shape index (κ2) is 9.24. The molecule has 1 aromatic carbocycles. The summed E-state index contributed by atoms with van der Waals surface area (Å²) in [4.78, 5) is 16.3. The van der Waals surface area contributed by atoms with Crippen LogP contribution in [0.15, 0.2) is 29.2 Å². The molecule has 0 aromatic heterocycles. The number of nitrogens with zero attached hydrogens (tertiary/aromatic N) is 2. The van der Waals surface area contributed by atoms with Crippen LogP contribution in [-0.2, 0) is 14.8 Å². The number of piperazine rings is 1. The first-order valence-electron chi connectivity index (χ1n) is 10.2. The van der Waals surface area contributed by atoms with Gasteiger partial charge in [0.25, 0.3) is 5.91 Å². The molecule has 3 rings (SSSR count). The minimum absolute atomic E-state index is 0.121. The molecule has 8 heteroatoms. The molecule has 2 aliphatic rings. The maximum Gasteiger partial charge on any atom is 0.280 e. The van der Waals surface area contributed by atoms with Gasteiger partial charge >= 0.3 is 0 Å². The summed E-state index contributed by atoms with van der Waals surface area (Å²) >= 11 is 0. The van der Waals surface area contributed by atoms with Crippen LogP contribution in [0.2, 0.25) is 0 Å². The van der Waals surface area contributed by atoms with Gasteiger partial charge in [0.15, 0.2) is 6.04 Å². The molecule has 0 radical (unpaired) electrons. The van der Waals surface area contributed by atoms with Crippen molar-refractivity contribution in [2.45, 2.75) is 43.5 Å². The SMILES string of the molecule is COc1ccc(S(=O)(=O)N2CC[NH+]([C@H](C)C(=O)N3CCCCCC3)CC2)cc1. The van der Waals surface area contributed by atoms with Crippen LogP contribution in [0.1, 0.15) is 32.6 Å². The third kappa shape index (κ3) is 4.67. The van der Waals surface area contributed by atoms with Crippen LogP contribution in [0.5, 0.6) is 5.75 Å². The fraction of sp³-hybridized carbons (Fsp3) is 0.650. The molecular formula is C20H32N3O4S+. The molecule has 156 valence electrons. The minimum Gasteiger partial charge on any atom is -0.497 e. The molecule has 0 spiro atoms. The van der Waals surface area contributed by atoms with Gasteiger partial charge < -0.3 is 14.5 Å². The lowest BCUT2D eigenvalue weighted by atomic mass is 10.2. The predicted molar refractivity (Wildman–Crippen MR) is 107 cm³/mol. The van der Waals surface area contributed by atoms with Gasteiger partial charge in [0.1, 0.15) is 5.75 Å². The number of rotatable bonds is 5. The number of hydrogen-bond acceptors (Lipinski definition) is 4. The maximum atomic E-state index is 12.9. The highest BCUT2D eigenvalue weighted by Gasteiger charge is 2.36. The highest BCUT2D eigenvalue weighted by molar-refractivity contribution is 7.89. The quantitative estimate of drug-likeness (QED) is 0.762. The number of amides is 1. The molecule has 2 saturated heterocycles. The van der Waals surface area contributed by atoms with Crippen LogP contribution >= 0.6 is 0 Å². The zero-order valence-electron chi connectivity index (χ0n) is 16.9. The van der Waals surface area contributed by atoms with Crippen LogP contribution in [0, 0.1) is 0 Å². The summed E-state index contributed by atoms with van der Waals surface area (Å²) in [5.41, 5.74) is 0. The Balaban J connectivity index is 1.59. The van der Waals surface area contributed by atoms with E-state index in [2.05, 4.69) is 0 Å². The zero-order chi connectivity index (χ0) is 20.1. The van der Waals surface area contributed by atoms with Gasteiger partial charge in [-0.2, -0.15) is 4.31 Å². The van der Waals surface area contributed by atoms with E-state index < -0.39 is 10.0 Å². The van der Waals surface area contributed by atoms with E-state index in [-0.39, 0.29) is 16.8 Å². The zero-order valence-corrected chi connectivity index (χ0v) is 17.7. The van der Waals surface area contributed by atoms with Crippen LogP contribution in [0.3, 0.4) is 0 Å². The predicted octanol–water partition coefficient (Wildman–Crippen LogP) is 0.376. The van der Waals surface area contributed by atoms with Gasteiger partial charge in [0.05, 0.1) is 38.2 Å². The largest absolute Gasteiger partial charge is 0.497 e. The van der Waals surface area contributed by atoms with E-state index in [0.717, 1.165) is 25.9 Å². The standard InChI is InChI=1S/C20H31N3O4S/c1-17(20(24)22-11-5-3-4-6-12-22)21-13-15-23(16-14-21)28(25,26)19-9-7-18(27-2)8-10-19/h7-10,17H,3-6,11-16H2,1-2H3/p+1/t17-/m1/s1. The second-order valence-electron chi connectivity index (χ2n) is 7.70. The van der Waals surface area contributed by atoms with Crippen molar-refractivity contribution in [1.29, 1.82) is 0 Å². The van der Waals surface area contributed by atoms with Crippen LogP contribution in [-0.4, -0.2) is 76.0 Å². The van der Waals surface area contributed by atoms with E-state index in [1.54, 1.807) is 31.4 Å². The number of methoxy groups -OCH3 is 1. The first-order valence-corrected chi connectivity index (χ1v) is 11.6. The van der Waals surface area contributed by atoms with E-state index in [1.165, 1.54) is 22.0 Å². The lowest BCUT2D eigenvalue weighted by molar-refractivity contribution is -0.918. The monoisotopic (exact) mass is 410 g/mol. The Bertz CT molecular complexity index is 750. The number of sulfonamides is 1. The van der Waals surface area contributed by atoms with E-state index in [1.807, 2.05) is 11.8 Å². The number of hydrogen-bond donors (Lipinski definition) is 1. The van der Waals surface area contributed by atoms with Crippen LogP contribution in [0.25, 0.3) is 0 Å². The van der Waals surface area contributed by atoms with Gasteiger partial charge in [-0.15, -0.1) is 0 Å². The van der Waals surface area contributed by atoms with Gasteiger partial charge in [0.2, 0.25) is 10.0 Å². The Kier molecular flexibility index (Phi) is 6.95. The van der Waals surface area contributed by atoms with Gasteiger partial charge in [-0.25, -0.2) is 8.42 Å². The van der Waals surface area contributed by atoms with Gasteiger partial charge in [-0.1, -0.05) is 12.8 Å². The van der Waals surface area contributed by atoms with Crippen molar-refractivity contribution in [2.24, 2.45) is 0 Å². The van der Waals surface area contributed by atoms with Crippen molar-refractivity contribution in [3.05, 3.63) is 24.3 Å². The van der Waals surface area contributed by atoms with Crippen LogP contribution < -0.4 is 9.64 Å². The summed E-state index contributed by atoms with van der Waals surface area (Å²) in [7, 11) is -1.96. The lowest BCUT2D eigenvalue weighted by Gasteiger charge is -2.35. The number of nitrogens with one attached hydrogen (secondary N) is 1. The summed E-state index contributed by atoms with van der Waals surface area (Å²) in [6, 6.07) is 6.37. The van der Waals surface area contributed by atoms with Crippen molar-refractivity contribution in [3.63, 3.8) is 0 Å². The Hall–Kier alpha value is -1.64. The summed E-state index contributed by atoms with van der Waals surface area (Å²) in [6.45, 7) is 5.86. The number of benzene rings is 1. The fourth-order valence-corrected chi connectivity index (χ4v) is 5.52. The first kappa shape index (κ1) is 21.1. The number of likely N-dealkylation sites (tertiary alicyclic amines) is 1. The van der Waals surface area contributed by atoms with E-state index in [0.29, 0.717) is 31.9 Å². The number of carbonyl (C=O) groups is 1. The molecule has 2 fully saturated rings. The van der Waals surface area contributed by atoms with Crippen molar-refractivity contribution < 1.29 is 22.8 Å². The van der Waals surface area contributed by atoms with Gasteiger partial charge in [0, 0.05) is 13.1 Å². The molecule has 2 heterocycles. The smallest absolute Gasteiger partial charge is 0.280 e. The fourth-order valence-electron chi connectivity index (χ4n) is 4.08. The molecule has 0 aliphatic carbocycles. The third-order valence-corrected chi connectivity index (χ3v) is 7.88. The molecular weight excluding hydrogens is 378 g/mol. The Morgan fingerprint density at radius 1 is 1.00 bits per heavy atom. The van der Waals surface area contributed by atoms with E-state index >= 15 is 0 Å². The van der Waals surface area contributed by atoms with Crippen molar-refractivity contribution in [1.82, 2.24) is 9.21 Å². The van der Waals surface area contributed by atoms with E-state index in [9.17, 15) is 13.2 Å². The van der Waals surface area contributed by atoms with Gasteiger partial charge in [-0.05, 0) is 44.0 Å². The molecule has 1 aromatic rings. The molecule has 0 saturated carbocycles. The normalized spacial score (nSPS) is 21.1. The summed E-state index contributed by atoms with van der Waals surface area (Å²) < 4.78 is 32.4. The Morgan fingerprint density at radius 2 is 1.57 bits per heavy atom. The number of carbonyl (C=O) groups excluding carboxylic acids is 1. The molecule has 1 N–H and O–H groups in total. The maximum absolute atomic E-state index is 12.9. The molecule has 7 nitrogen and oxygen atoms in total. The third-order valence-electron chi connectivity index (χ3n) is 5.96. The second-order valence-corrected chi connectivity index (χ2v) is 9.64. The molecule has 1 amide bonds. The molecule has 28 heavy (non-hydrogen) atoms. The average molecular weight is 411 g/mol. The van der Waals surface area contributed by atoms with E-state index in [4.69, 9.17) is 4.74 Å². The van der Waals surface area contributed by atoms with Crippen molar-refractivity contribution >= 4 is 15.9 Å². The van der Waals surface area contributed by atoms with Crippen molar-refractivity contribution in [2.75, 3.05) is 46.4 Å². The molecule has 0 bridgehead atoms. The summed E-state index contributed by atoms with van der Waals surface area (Å²) in [5.74, 6) is 0.845. The van der Waals surface area contributed by atoms with Crippen LogP contribution in [0.4, 0.5) is 0 Å². The summed E-state index contributed by atoms with van der Waals surface area (Å²) in [5, 5.41) is 0. The average Bonchev–Trinajstić information content (AvgIpc) is 3.02. The minimum atomic E-state index is -3.51. The topological polar surface area (TPSA) is 71.4 Å². The molecule has 0 unspecified atom stereocenters.